The van der Waals surface area contributed by atoms with Gasteiger partial charge < -0.3 is 4.90 Å². The van der Waals surface area contributed by atoms with Crippen LogP contribution in [-0.2, 0) is 6.54 Å². The lowest BCUT2D eigenvalue weighted by molar-refractivity contribution is 0.0889. The van der Waals surface area contributed by atoms with Gasteiger partial charge in [-0.15, -0.1) is 0 Å². The van der Waals surface area contributed by atoms with Gasteiger partial charge in [0.2, 0.25) is 0 Å². The molecular formula is C16H22F2N2. The van der Waals surface area contributed by atoms with Crippen molar-refractivity contribution in [1.82, 2.24) is 9.80 Å². The summed E-state index contributed by atoms with van der Waals surface area (Å²) in [6.07, 6.45) is 3.65. The van der Waals surface area contributed by atoms with Gasteiger partial charge >= 0.3 is 0 Å². The van der Waals surface area contributed by atoms with Crippen molar-refractivity contribution in [3.63, 3.8) is 0 Å². The van der Waals surface area contributed by atoms with E-state index in [9.17, 15) is 8.78 Å². The highest BCUT2D eigenvalue weighted by atomic mass is 19.2. The quantitative estimate of drug-likeness (QED) is 0.822. The van der Waals surface area contributed by atoms with E-state index in [-0.39, 0.29) is 0 Å². The van der Waals surface area contributed by atoms with Crippen molar-refractivity contribution in [2.24, 2.45) is 5.41 Å². The first-order chi connectivity index (χ1) is 9.58. The molecule has 0 saturated carbocycles. The molecule has 2 fully saturated rings. The Kier molecular flexibility index (Phi) is 3.78. The van der Waals surface area contributed by atoms with E-state index in [2.05, 4.69) is 16.8 Å². The fraction of sp³-hybridized carbons (Fsp3) is 0.625. The highest BCUT2D eigenvalue weighted by molar-refractivity contribution is 5.19. The summed E-state index contributed by atoms with van der Waals surface area (Å²) < 4.78 is 27.1. The lowest BCUT2D eigenvalue weighted by Crippen LogP contribution is -2.44. The van der Waals surface area contributed by atoms with E-state index in [1.807, 2.05) is 0 Å². The van der Waals surface area contributed by atoms with Crippen molar-refractivity contribution in [3.8, 4) is 0 Å². The van der Waals surface area contributed by atoms with Crippen LogP contribution in [0.4, 0.5) is 8.78 Å². The van der Waals surface area contributed by atoms with Crippen LogP contribution >= 0.6 is 0 Å². The zero-order chi connectivity index (χ0) is 14.2. The van der Waals surface area contributed by atoms with E-state index in [1.165, 1.54) is 18.9 Å². The fourth-order valence-electron chi connectivity index (χ4n) is 3.85. The van der Waals surface area contributed by atoms with Crippen molar-refractivity contribution in [1.29, 1.82) is 0 Å². The van der Waals surface area contributed by atoms with Gasteiger partial charge in [0.25, 0.3) is 0 Å². The summed E-state index contributed by atoms with van der Waals surface area (Å²) in [5.41, 5.74) is 0.852. The smallest absolute Gasteiger partial charge is 0.163 e. The van der Waals surface area contributed by atoms with Gasteiger partial charge in [0.1, 0.15) is 0 Å². The molecule has 1 aromatic carbocycles. The molecule has 2 aliphatic heterocycles. The normalized spacial score (nSPS) is 28.4. The standard InChI is InChI=1S/C16H22F2N2/c1-19-9-7-16(11-19)6-3-8-20(12-16)10-13-4-2-5-14(17)15(13)18/h2,4-5H,3,6-12H2,1H3. The van der Waals surface area contributed by atoms with Crippen molar-refractivity contribution >= 4 is 0 Å². The number of likely N-dealkylation sites (tertiary alicyclic amines) is 2. The van der Waals surface area contributed by atoms with E-state index in [0.717, 1.165) is 32.6 Å². The molecule has 0 aliphatic carbocycles. The molecule has 2 saturated heterocycles. The fourth-order valence-corrected chi connectivity index (χ4v) is 3.85. The second-order valence-electron chi connectivity index (χ2n) is 6.51. The van der Waals surface area contributed by atoms with E-state index < -0.39 is 11.6 Å². The SMILES string of the molecule is CN1CCC2(CCCN(Cc3cccc(F)c3F)C2)C1. The van der Waals surface area contributed by atoms with Crippen LogP contribution in [0.25, 0.3) is 0 Å². The Morgan fingerprint density at radius 3 is 2.75 bits per heavy atom. The van der Waals surface area contributed by atoms with Crippen LogP contribution < -0.4 is 0 Å². The molecule has 1 aromatic rings. The summed E-state index contributed by atoms with van der Waals surface area (Å²) in [4.78, 5) is 4.67. The molecule has 0 aromatic heterocycles. The molecule has 1 spiro atoms. The Morgan fingerprint density at radius 2 is 2.00 bits per heavy atom. The summed E-state index contributed by atoms with van der Waals surface area (Å²) in [5.74, 6) is -1.43. The number of benzene rings is 1. The van der Waals surface area contributed by atoms with Gasteiger partial charge in [-0.1, -0.05) is 12.1 Å². The third kappa shape index (κ3) is 2.72. The Morgan fingerprint density at radius 1 is 1.15 bits per heavy atom. The average Bonchev–Trinajstić information content (AvgIpc) is 2.76. The molecule has 0 amide bonds. The predicted octanol–water partition coefficient (Wildman–Crippen LogP) is 2.88. The minimum atomic E-state index is -0.741. The van der Waals surface area contributed by atoms with Crippen LogP contribution in [0, 0.1) is 17.0 Å². The number of halogens is 2. The van der Waals surface area contributed by atoms with Crippen LogP contribution in [0.1, 0.15) is 24.8 Å². The molecule has 4 heteroatoms. The third-order valence-corrected chi connectivity index (χ3v) is 4.80. The second-order valence-corrected chi connectivity index (χ2v) is 6.51. The van der Waals surface area contributed by atoms with Gasteiger partial charge in [-0.2, -0.15) is 0 Å². The van der Waals surface area contributed by atoms with Gasteiger partial charge in [0.05, 0.1) is 0 Å². The maximum Gasteiger partial charge on any atom is 0.163 e. The van der Waals surface area contributed by atoms with Crippen molar-refractivity contribution in [3.05, 3.63) is 35.4 Å². The van der Waals surface area contributed by atoms with Gasteiger partial charge in [-0.25, -0.2) is 8.78 Å². The summed E-state index contributed by atoms with van der Waals surface area (Å²) >= 11 is 0. The molecular weight excluding hydrogens is 258 g/mol. The number of hydrogen-bond donors (Lipinski definition) is 0. The second kappa shape index (κ2) is 5.41. The number of hydrogen-bond acceptors (Lipinski definition) is 2. The molecule has 0 radical (unpaired) electrons. The van der Waals surface area contributed by atoms with E-state index in [0.29, 0.717) is 17.5 Å². The molecule has 2 nitrogen and oxygen atoms in total. The van der Waals surface area contributed by atoms with Gasteiger partial charge in [-0.3, -0.25) is 4.90 Å². The average molecular weight is 280 g/mol. The third-order valence-electron chi connectivity index (χ3n) is 4.80. The molecule has 110 valence electrons. The minimum absolute atomic E-state index is 0.372. The molecule has 2 aliphatic rings. The Bertz CT molecular complexity index is 487. The van der Waals surface area contributed by atoms with Gasteiger partial charge in [0.15, 0.2) is 11.6 Å². The first-order valence-corrected chi connectivity index (χ1v) is 7.42. The Labute approximate surface area is 119 Å². The maximum atomic E-state index is 13.8. The molecule has 2 heterocycles. The minimum Gasteiger partial charge on any atom is -0.306 e. The molecule has 0 N–H and O–H groups in total. The molecule has 3 rings (SSSR count). The summed E-state index contributed by atoms with van der Waals surface area (Å²) in [5, 5.41) is 0. The zero-order valence-corrected chi connectivity index (χ0v) is 12.0. The van der Waals surface area contributed by atoms with Crippen LogP contribution in [0.5, 0.6) is 0 Å². The first-order valence-electron chi connectivity index (χ1n) is 7.42. The lowest BCUT2D eigenvalue weighted by Gasteiger charge is -2.40. The topological polar surface area (TPSA) is 6.48 Å². The van der Waals surface area contributed by atoms with Crippen LogP contribution in [0.3, 0.4) is 0 Å². The first kappa shape index (κ1) is 14.0. The predicted molar refractivity (Wildman–Crippen MR) is 75.4 cm³/mol. The molecule has 1 atom stereocenters. The number of rotatable bonds is 2. The van der Waals surface area contributed by atoms with E-state index in [1.54, 1.807) is 12.1 Å². The van der Waals surface area contributed by atoms with E-state index >= 15 is 0 Å². The van der Waals surface area contributed by atoms with Crippen LogP contribution in [-0.4, -0.2) is 43.0 Å². The molecule has 1 unspecified atom stereocenters. The maximum absolute atomic E-state index is 13.8. The highest BCUT2D eigenvalue weighted by Crippen LogP contribution is 2.38. The Hall–Kier alpha value is -1.00. The van der Waals surface area contributed by atoms with Crippen LogP contribution in [0.2, 0.25) is 0 Å². The lowest BCUT2D eigenvalue weighted by atomic mass is 9.79. The monoisotopic (exact) mass is 280 g/mol. The van der Waals surface area contributed by atoms with Gasteiger partial charge in [-0.05, 0) is 50.9 Å². The summed E-state index contributed by atoms with van der Waals surface area (Å²) in [6.45, 7) is 4.81. The van der Waals surface area contributed by atoms with Gasteiger partial charge in [0, 0.05) is 25.2 Å². The molecule has 0 bridgehead atoms. The summed E-state index contributed by atoms with van der Waals surface area (Å²) in [6, 6.07) is 4.47. The number of nitrogens with zero attached hydrogens (tertiary/aromatic N) is 2. The Balaban J connectivity index is 1.70. The molecule has 20 heavy (non-hydrogen) atoms. The van der Waals surface area contributed by atoms with Crippen molar-refractivity contribution in [2.45, 2.75) is 25.8 Å². The van der Waals surface area contributed by atoms with Crippen molar-refractivity contribution in [2.75, 3.05) is 33.2 Å². The van der Waals surface area contributed by atoms with E-state index in [4.69, 9.17) is 0 Å². The van der Waals surface area contributed by atoms with Crippen molar-refractivity contribution < 1.29 is 8.78 Å². The largest absolute Gasteiger partial charge is 0.306 e. The summed E-state index contributed by atoms with van der Waals surface area (Å²) in [7, 11) is 2.17. The zero-order valence-electron chi connectivity index (χ0n) is 12.0. The number of piperidine rings is 1. The van der Waals surface area contributed by atoms with Crippen LogP contribution in [0.15, 0.2) is 18.2 Å². The highest BCUT2D eigenvalue weighted by Gasteiger charge is 2.40.